The number of nitrogens with one attached hydrogen (secondary N) is 1. The van der Waals surface area contributed by atoms with E-state index in [0.29, 0.717) is 11.3 Å². The summed E-state index contributed by atoms with van der Waals surface area (Å²) in [5.41, 5.74) is 0.474. The van der Waals surface area contributed by atoms with Gasteiger partial charge in [0.2, 0.25) is 5.91 Å². The average Bonchev–Trinajstić information content (AvgIpc) is 2.11. The van der Waals surface area contributed by atoms with Crippen molar-refractivity contribution in [2.75, 3.05) is 0 Å². The summed E-state index contributed by atoms with van der Waals surface area (Å²) in [5, 5.41) is 3.18. The van der Waals surface area contributed by atoms with Crippen LogP contribution in [0.4, 0.5) is 0 Å². The van der Waals surface area contributed by atoms with E-state index in [1.54, 1.807) is 0 Å². The minimum Gasteiger partial charge on any atom is -0.353 e. The molecule has 2 unspecified atom stereocenters. The van der Waals surface area contributed by atoms with E-state index in [1.165, 1.54) is 19.3 Å². The van der Waals surface area contributed by atoms with Crippen molar-refractivity contribution in [1.29, 1.82) is 0 Å². The Kier molecular flexibility index (Phi) is 2.37. The molecule has 1 amide bonds. The number of rotatable bonds is 2. The maximum absolute atomic E-state index is 12.5. The molecule has 2 atom stereocenters. The second-order valence-corrected chi connectivity index (χ2v) is 7.68. The first kappa shape index (κ1) is 11.6. The zero-order valence-electron chi connectivity index (χ0n) is 11.4. The zero-order chi connectivity index (χ0) is 12.3. The first-order valence-electron chi connectivity index (χ1n) is 7.22. The number of hydrogen-bond acceptors (Lipinski definition) is 1. The highest BCUT2D eigenvalue weighted by molar-refractivity contribution is 5.83. The highest BCUT2D eigenvalue weighted by atomic mass is 16.2. The highest BCUT2D eigenvalue weighted by Crippen LogP contribution is 2.65. The Hall–Kier alpha value is -0.530. The van der Waals surface area contributed by atoms with E-state index in [-0.39, 0.29) is 11.5 Å². The van der Waals surface area contributed by atoms with Crippen molar-refractivity contribution in [2.24, 2.45) is 22.7 Å². The summed E-state index contributed by atoms with van der Waals surface area (Å²) in [6.07, 6.45) is 7.62. The molecule has 0 saturated heterocycles. The van der Waals surface area contributed by atoms with Gasteiger partial charge in [0, 0.05) is 6.04 Å². The number of carbonyl (C=O) groups excluding carboxylic acids is 1. The minimum absolute atomic E-state index is 0.00308. The Bertz CT molecular complexity index is 333. The van der Waals surface area contributed by atoms with Crippen LogP contribution in [0.1, 0.15) is 59.3 Å². The number of hydrogen-bond donors (Lipinski definition) is 1. The maximum Gasteiger partial charge on any atom is 0.226 e. The average molecular weight is 235 g/mol. The van der Waals surface area contributed by atoms with E-state index >= 15 is 0 Å². The molecule has 4 rings (SSSR count). The summed E-state index contributed by atoms with van der Waals surface area (Å²) < 4.78 is 0. The second kappa shape index (κ2) is 3.49. The van der Waals surface area contributed by atoms with Crippen LogP contribution in [0.15, 0.2) is 0 Å². The van der Waals surface area contributed by atoms with Crippen molar-refractivity contribution in [3.05, 3.63) is 0 Å². The van der Waals surface area contributed by atoms with Crippen molar-refractivity contribution in [3.8, 4) is 0 Å². The van der Waals surface area contributed by atoms with Crippen LogP contribution in [0.2, 0.25) is 0 Å². The summed E-state index contributed by atoms with van der Waals surface area (Å²) >= 11 is 0. The molecule has 0 aromatic carbocycles. The molecule has 17 heavy (non-hydrogen) atoms. The molecule has 0 spiro atoms. The molecule has 1 N–H and O–H groups in total. The first-order valence-corrected chi connectivity index (χ1v) is 7.22. The molecule has 4 aliphatic carbocycles. The zero-order valence-corrected chi connectivity index (χ0v) is 11.4. The van der Waals surface area contributed by atoms with E-state index in [0.717, 1.165) is 31.1 Å². The SMILES string of the molecule is CC(C)NC(=O)C12CC3CC(CC(C)(C3)C1)C2. The van der Waals surface area contributed by atoms with Gasteiger partial charge in [-0.05, 0) is 69.6 Å². The Morgan fingerprint density at radius 1 is 1.18 bits per heavy atom. The van der Waals surface area contributed by atoms with Crippen molar-refractivity contribution >= 4 is 5.91 Å². The smallest absolute Gasteiger partial charge is 0.226 e. The van der Waals surface area contributed by atoms with Gasteiger partial charge in [-0.3, -0.25) is 4.79 Å². The molecular weight excluding hydrogens is 210 g/mol. The minimum atomic E-state index is 0.00308. The van der Waals surface area contributed by atoms with Crippen LogP contribution in [0.3, 0.4) is 0 Å². The van der Waals surface area contributed by atoms with E-state index in [2.05, 4.69) is 26.1 Å². The number of amides is 1. The Morgan fingerprint density at radius 3 is 2.24 bits per heavy atom. The summed E-state index contributed by atoms with van der Waals surface area (Å²) in [7, 11) is 0. The van der Waals surface area contributed by atoms with Crippen molar-refractivity contribution in [2.45, 2.75) is 65.3 Å². The van der Waals surface area contributed by atoms with E-state index < -0.39 is 0 Å². The Labute approximate surface area is 105 Å². The fourth-order valence-electron chi connectivity index (χ4n) is 5.40. The predicted molar refractivity (Wildman–Crippen MR) is 68.5 cm³/mol. The molecule has 96 valence electrons. The lowest BCUT2D eigenvalue weighted by atomic mass is 9.44. The van der Waals surface area contributed by atoms with Crippen LogP contribution in [0, 0.1) is 22.7 Å². The molecule has 4 fully saturated rings. The van der Waals surface area contributed by atoms with Gasteiger partial charge in [0.25, 0.3) is 0 Å². The topological polar surface area (TPSA) is 29.1 Å². The Balaban J connectivity index is 1.85. The summed E-state index contributed by atoms with van der Waals surface area (Å²) in [5.74, 6) is 2.02. The molecular formula is C15H25NO. The summed E-state index contributed by atoms with van der Waals surface area (Å²) in [6.45, 7) is 6.56. The number of carbonyl (C=O) groups is 1. The van der Waals surface area contributed by atoms with Crippen LogP contribution in [-0.4, -0.2) is 11.9 Å². The largest absolute Gasteiger partial charge is 0.353 e. The lowest BCUT2D eigenvalue weighted by molar-refractivity contribution is -0.155. The van der Waals surface area contributed by atoms with E-state index in [4.69, 9.17) is 0 Å². The molecule has 2 nitrogen and oxygen atoms in total. The van der Waals surface area contributed by atoms with Crippen molar-refractivity contribution in [3.63, 3.8) is 0 Å². The lowest BCUT2D eigenvalue weighted by Gasteiger charge is -2.60. The third-order valence-electron chi connectivity index (χ3n) is 5.26. The quantitative estimate of drug-likeness (QED) is 0.783. The van der Waals surface area contributed by atoms with Gasteiger partial charge in [-0.1, -0.05) is 6.92 Å². The highest BCUT2D eigenvalue weighted by Gasteiger charge is 2.58. The predicted octanol–water partition coefficient (Wildman–Crippen LogP) is 3.12. The van der Waals surface area contributed by atoms with Crippen molar-refractivity contribution < 1.29 is 4.79 Å². The van der Waals surface area contributed by atoms with Crippen LogP contribution >= 0.6 is 0 Å². The van der Waals surface area contributed by atoms with Crippen molar-refractivity contribution in [1.82, 2.24) is 5.32 Å². The van der Waals surface area contributed by atoms with Crippen LogP contribution < -0.4 is 5.32 Å². The molecule has 4 aliphatic rings. The van der Waals surface area contributed by atoms with Gasteiger partial charge >= 0.3 is 0 Å². The van der Waals surface area contributed by atoms with Gasteiger partial charge in [-0.25, -0.2) is 0 Å². The van der Waals surface area contributed by atoms with Gasteiger partial charge in [0.1, 0.15) is 0 Å². The van der Waals surface area contributed by atoms with Gasteiger partial charge < -0.3 is 5.32 Å². The molecule has 4 bridgehead atoms. The lowest BCUT2D eigenvalue weighted by Crippen LogP contribution is -2.57. The maximum atomic E-state index is 12.5. The van der Waals surface area contributed by atoms with Gasteiger partial charge in [-0.15, -0.1) is 0 Å². The van der Waals surface area contributed by atoms with Crippen LogP contribution in [0.5, 0.6) is 0 Å². The fraction of sp³-hybridized carbons (Fsp3) is 0.933. The molecule has 0 aliphatic heterocycles. The first-order chi connectivity index (χ1) is 7.91. The molecule has 0 aromatic rings. The van der Waals surface area contributed by atoms with E-state index in [1.807, 2.05) is 0 Å². The third kappa shape index (κ3) is 1.80. The monoisotopic (exact) mass is 235 g/mol. The Morgan fingerprint density at radius 2 is 1.76 bits per heavy atom. The standard InChI is InChI=1S/C15H25NO/c1-10(2)16-13(17)15-7-11-4-12(8-15)6-14(3,5-11)9-15/h10-12H,4-9H2,1-3H3,(H,16,17). The third-order valence-corrected chi connectivity index (χ3v) is 5.26. The van der Waals surface area contributed by atoms with Crippen LogP contribution in [0.25, 0.3) is 0 Å². The van der Waals surface area contributed by atoms with E-state index in [9.17, 15) is 4.79 Å². The molecule has 0 heterocycles. The fourth-order valence-corrected chi connectivity index (χ4v) is 5.40. The molecule has 0 aromatic heterocycles. The molecule has 2 heteroatoms. The summed E-state index contributed by atoms with van der Waals surface area (Å²) in [4.78, 5) is 12.5. The second-order valence-electron chi connectivity index (χ2n) is 7.68. The van der Waals surface area contributed by atoms with Gasteiger partial charge in [0.15, 0.2) is 0 Å². The van der Waals surface area contributed by atoms with Gasteiger partial charge in [-0.2, -0.15) is 0 Å². The van der Waals surface area contributed by atoms with Crippen LogP contribution in [-0.2, 0) is 4.79 Å². The molecule has 0 radical (unpaired) electrons. The summed E-state index contributed by atoms with van der Waals surface area (Å²) in [6, 6.07) is 0.281. The molecule has 4 saturated carbocycles. The normalized spacial score (nSPS) is 47.5. The van der Waals surface area contributed by atoms with Gasteiger partial charge in [0.05, 0.1) is 5.41 Å².